The molecule has 0 amide bonds. The number of rotatable bonds is 3. The summed E-state index contributed by atoms with van der Waals surface area (Å²) in [6.45, 7) is 3.38. The van der Waals surface area contributed by atoms with E-state index in [-0.39, 0.29) is 22.0 Å². The third kappa shape index (κ3) is 2.90. The first kappa shape index (κ1) is 15.1. The van der Waals surface area contributed by atoms with Crippen LogP contribution in [0.4, 0.5) is 0 Å². The molecule has 0 aliphatic heterocycles. The average Bonchev–Trinajstić information content (AvgIpc) is 2.24. The molecule has 0 aromatic heterocycles. The molecule has 4 nitrogen and oxygen atoms in total. The molecule has 0 radical (unpaired) electrons. The van der Waals surface area contributed by atoms with Crippen molar-refractivity contribution in [3.05, 3.63) is 27.2 Å². The molecule has 1 saturated carbocycles. The molecule has 0 unspecified atom stereocenters. The molecule has 1 aromatic rings. The van der Waals surface area contributed by atoms with Crippen LogP contribution < -0.4 is 10.5 Å². The Bertz CT molecular complexity index is 584. The fourth-order valence-corrected chi connectivity index (χ4v) is 4.64. The SMILES string of the molecule is Cc1cc(Cl)c(C)c(S(=O)(=O)NC2CC(N)C2)c1Cl. The number of nitrogens with one attached hydrogen (secondary N) is 1. The van der Waals surface area contributed by atoms with Crippen molar-refractivity contribution >= 4 is 33.2 Å². The smallest absolute Gasteiger partial charge is 0.242 e. The maximum absolute atomic E-state index is 12.4. The standard InChI is InChI=1S/C12H16Cl2N2O2S/c1-6-3-10(13)7(2)12(11(6)14)19(17,18)16-9-4-8(15)5-9/h3,8-9,16H,4-5,15H2,1-2H3. The van der Waals surface area contributed by atoms with Gasteiger partial charge in [0.15, 0.2) is 0 Å². The van der Waals surface area contributed by atoms with Gasteiger partial charge in [-0.05, 0) is 43.9 Å². The Morgan fingerprint density at radius 1 is 1.32 bits per heavy atom. The van der Waals surface area contributed by atoms with Crippen molar-refractivity contribution < 1.29 is 8.42 Å². The highest BCUT2D eigenvalue weighted by Gasteiger charge is 2.32. The van der Waals surface area contributed by atoms with Crippen LogP contribution in [0.15, 0.2) is 11.0 Å². The summed E-state index contributed by atoms with van der Waals surface area (Å²) in [6, 6.07) is 1.62. The second-order valence-corrected chi connectivity index (χ2v) is 7.43. The summed E-state index contributed by atoms with van der Waals surface area (Å²) in [5.74, 6) is 0. The third-order valence-corrected chi connectivity index (χ3v) is 6.04. The van der Waals surface area contributed by atoms with Crippen LogP contribution in [0, 0.1) is 13.8 Å². The number of hydrogen-bond donors (Lipinski definition) is 2. The Morgan fingerprint density at radius 3 is 2.42 bits per heavy atom. The van der Waals surface area contributed by atoms with E-state index in [9.17, 15) is 8.42 Å². The molecule has 1 aliphatic rings. The van der Waals surface area contributed by atoms with Crippen molar-refractivity contribution in [2.75, 3.05) is 0 Å². The van der Waals surface area contributed by atoms with Crippen LogP contribution in [0.2, 0.25) is 10.0 Å². The highest BCUT2D eigenvalue weighted by atomic mass is 35.5. The lowest BCUT2D eigenvalue weighted by Gasteiger charge is -2.33. The number of benzene rings is 1. The lowest BCUT2D eigenvalue weighted by atomic mass is 9.89. The molecule has 0 bridgehead atoms. The van der Waals surface area contributed by atoms with E-state index in [0.717, 1.165) is 0 Å². The van der Waals surface area contributed by atoms with E-state index in [4.69, 9.17) is 28.9 Å². The fraction of sp³-hybridized carbons (Fsp3) is 0.500. The molecular weight excluding hydrogens is 307 g/mol. The van der Waals surface area contributed by atoms with Gasteiger partial charge in [-0.25, -0.2) is 13.1 Å². The lowest BCUT2D eigenvalue weighted by molar-refractivity contribution is 0.327. The van der Waals surface area contributed by atoms with Gasteiger partial charge in [0.1, 0.15) is 4.90 Å². The minimum atomic E-state index is -3.67. The third-order valence-electron chi connectivity index (χ3n) is 3.35. The predicted molar refractivity (Wildman–Crippen MR) is 77.3 cm³/mol. The zero-order chi connectivity index (χ0) is 14.4. The molecule has 1 aromatic carbocycles. The van der Waals surface area contributed by atoms with E-state index in [0.29, 0.717) is 29.0 Å². The molecule has 2 rings (SSSR count). The van der Waals surface area contributed by atoms with Gasteiger partial charge in [0.05, 0.1) is 5.02 Å². The quantitative estimate of drug-likeness (QED) is 0.897. The molecule has 19 heavy (non-hydrogen) atoms. The van der Waals surface area contributed by atoms with Gasteiger partial charge in [-0.3, -0.25) is 0 Å². The van der Waals surface area contributed by atoms with E-state index >= 15 is 0 Å². The normalized spacial score (nSPS) is 23.2. The molecule has 1 aliphatic carbocycles. The van der Waals surface area contributed by atoms with E-state index < -0.39 is 10.0 Å². The highest BCUT2D eigenvalue weighted by Crippen LogP contribution is 2.34. The van der Waals surface area contributed by atoms with E-state index in [2.05, 4.69) is 4.72 Å². The summed E-state index contributed by atoms with van der Waals surface area (Å²) in [7, 11) is -3.67. The minimum absolute atomic E-state index is 0.0691. The van der Waals surface area contributed by atoms with Crippen LogP contribution in [0.25, 0.3) is 0 Å². The van der Waals surface area contributed by atoms with Gasteiger partial charge < -0.3 is 5.73 Å². The monoisotopic (exact) mass is 322 g/mol. The summed E-state index contributed by atoms with van der Waals surface area (Å²) in [5.41, 5.74) is 6.76. The summed E-state index contributed by atoms with van der Waals surface area (Å²) in [5, 5.41) is 0.616. The molecule has 1 fully saturated rings. The van der Waals surface area contributed by atoms with Crippen LogP contribution in [0.1, 0.15) is 24.0 Å². The van der Waals surface area contributed by atoms with Crippen LogP contribution in [-0.2, 0) is 10.0 Å². The second kappa shape index (κ2) is 5.22. The Hall–Kier alpha value is -0.330. The second-order valence-electron chi connectivity index (χ2n) is 4.99. The molecule has 7 heteroatoms. The maximum atomic E-state index is 12.4. The zero-order valence-corrected chi connectivity index (χ0v) is 13.0. The number of sulfonamides is 1. The van der Waals surface area contributed by atoms with Crippen molar-refractivity contribution in [3.8, 4) is 0 Å². The van der Waals surface area contributed by atoms with Crippen LogP contribution in [0.3, 0.4) is 0 Å². The molecular formula is C12H16Cl2N2O2S. The maximum Gasteiger partial charge on any atom is 0.242 e. The van der Waals surface area contributed by atoms with Crippen molar-refractivity contribution in [1.29, 1.82) is 0 Å². The van der Waals surface area contributed by atoms with Gasteiger partial charge in [0, 0.05) is 17.1 Å². The number of aryl methyl sites for hydroxylation is 1. The number of nitrogens with two attached hydrogens (primary N) is 1. The van der Waals surface area contributed by atoms with Gasteiger partial charge in [-0.15, -0.1) is 0 Å². The summed E-state index contributed by atoms with van der Waals surface area (Å²) < 4.78 is 27.4. The van der Waals surface area contributed by atoms with Gasteiger partial charge in [0.25, 0.3) is 0 Å². The van der Waals surface area contributed by atoms with Crippen molar-refractivity contribution in [2.24, 2.45) is 5.73 Å². The first-order valence-electron chi connectivity index (χ1n) is 5.95. The van der Waals surface area contributed by atoms with Gasteiger partial charge >= 0.3 is 0 Å². The molecule has 0 atom stereocenters. The van der Waals surface area contributed by atoms with Crippen molar-refractivity contribution in [3.63, 3.8) is 0 Å². The highest BCUT2D eigenvalue weighted by molar-refractivity contribution is 7.89. The predicted octanol–water partition coefficient (Wildman–Crippen LogP) is 2.38. The largest absolute Gasteiger partial charge is 0.328 e. The lowest BCUT2D eigenvalue weighted by Crippen LogP contribution is -2.50. The summed E-state index contributed by atoms with van der Waals surface area (Å²) >= 11 is 12.2. The summed E-state index contributed by atoms with van der Waals surface area (Å²) in [6.07, 6.45) is 1.30. The van der Waals surface area contributed by atoms with E-state index in [1.165, 1.54) is 0 Å². The van der Waals surface area contributed by atoms with Crippen LogP contribution in [0.5, 0.6) is 0 Å². The van der Waals surface area contributed by atoms with Gasteiger partial charge in [0.2, 0.25) is 10.0 Å². The Kier molecular flexibility index (Phi) is 4.14. The van der Waals surface area contributed by atoms with Crippen LogP contribution in [-0.4, -0.2) is 20.5 Å². The topological polar surface area (TPSA) is 72.2 Å². The molecule has 3 N–H and O–H groups in total. The fourth-order valence-electron chi connectivity index (χ4n) is 2.17. The van der Waals surface area contributed by atoms with Crippen molar-refractivity contribution in [2.45, 2.75) is 43.7 Å². The molecule has 0 saturated heterocycles. The van der Waals surface area contributed by atoms with Gasteiger partial charge in [-0.2, -0.15) is 0 Å². The number of hydrogen-bond acceptors (Lipinski definition) is 3. The molecule has 0 spiro atoms. The zero-order valence-electron chi connectivity index (χ0n) is 10.7. The number of halogens is 2. The van der Waals surface area contributed by atoms with Crippen molar-refractivity contribution in [1.82, 2.24) is 4.72 Å². The van der Waals surface area contributed by atoms with Crippen LogP contribution >= 0.6 is 23.2 Å². The van der Waals surface area contributed by atoms with Gasteiger partial charge in [-0.1, -0.05) is 23.2 Å². The first-order chi connectivity index (χ1) is 8.72. The average molecular weight is 323 g/mol. The van der Waals surface area contributed by atoms with E-state index in [1.54, 1.807) is 19.9 Å². The van der Waals surface area contributed by atoms with E-state index in [1.807, 2.05) is 0 Å². The molecule has 106 valence electrons. The molecule has 0 heterocycles. The Labute approximate surface area is 123 Å². The Morgan fingerprint density at radius 2 is 1.89 bits per heavy atom. The Balaban J connectivity index is 2.40. The minimum Gasteiger partial charge on any atom is -0.328 e. The first-order valence-corrected chi connectivity index (χ1v) is 8.19. The summed E-state index contributed by atoms with van der Waals surface area (Å²) in [4.78, 5) is 0.0691.